The van der Waals surface area contributed by atoms with Gasteiger partial charge in [-0.25, -0.2) is 0 Å². The van der Waals surface area contributed by atoms with Crippen molar-refractivity contribution in [2.24, 2.45) is 5.41 Å². The molecule has 0 saturated heterocycles. The number of hydrogen-bond acceptors (Lipinski definition) is 2. The molecular weight excluding hydrogens is 257 g/mol. The standard InChI is InChI=1S/C7H12INS/c1-7(2,3)5(4-9)6(8)10/h4,9-10H,1-3H3/b6-5+,9-4?. The van der Waals surface area contributed by atoms with E-state index in [1.807, 2.05) is 0 Å². The van der Waals surface area contributed by atoms with Crippen molar-refractivity contribution >= 4 is 41.4 Å². The van der Waals surface area contributed by atoms with E-state index in [0.717, 1.165) is 8.48 Å². The SMILES string of the molecule is CC(C)(C)/C(C=N)=C(/S)I. The molecule has 0 aromatic carbocycles. The Balaban J connectivity index is 4.71. The molecule has 0 aromatic heterocycles. The van der Waals surface area contributed by atoms with Crippen LogP contribution in [0.15, 0.2) is 8.48 Å². The van der Waals surface area contributed by atoms with Gasteiger partial charge in [0.1, 0.15) is 0 Å². The molecule has 1 nitrogen and oxygen atoms in total. The topological polar surface area (TPSA) is 23.9 Å². The van der Waals surface area contributed by atoms with Crippen molar-refractivity contribution < 1.29 is 0 Å². The normalized spacial score (nSPS) is 14.5. The van der Waals surface area contributed by atoms with Crippen molar-refractivity contribution in [3.63, 3.8) is 0 Å². The second-order valence-electron chi connectivity index (χ2n) is 3.10. The number of nitrogens with one attached hydrogen (secondary N) is 1. The first kappa shape index (κ1) is 10.5. The van der Waals surface area contributed by atoms with E-state index in [1.54, 1.807) is 0 Å². The summed E-state index contributed by atoms with van der Waals surface area (Å²) in [6, 6.07) is 0. The van der Waals surface area contributed by atoms with Crippen molar-refractivity contribution in [3.8, 4) is 0 Å². The minimum Gasteiger partial charge on any atom is -0.308 e. The molecule has 0 aliphatic carbocycles. The third-order valence-electron chi connectivity index (χ3n) is 1.17. The van der Waals surface area contributed by atoms with Gasteiger partial charge in [-0.2, -0.15) is 0 Å². The van der Waals surface area contributed by atoms with E-state index in [9.17, 15) is 0 Å². The van der Waals surface area contributed by atoms with Gasteiger partial charge < -0.3 is 5.41 Å². The van der Waals surface area contributed by atoms with Crippen molar-refractivity contribution in [1.29, 1.82) is 5.41 Å². The van der Waals surface area contributed by atoms with Crippen LogP contribution in [0.5, 0.6) is 0 Å². The number of thiol groups is 1. The lowest BCUT2D eigenvalue weighted by atomic mass is 9.88. The van der Waals surface area contributed by atoms with E-state index in [1.165, 1.54) is 6.21 Å². The predicted molar refractivity (Wildman–Crippen MR) is 58.3 cm³/mol. The summed E-state index contributed by atoms with van der Waals surface area (Å²) in [6.07, 6.45) is 1.37. The summed E-state index contributed by atoms with van der Waals surface area (Å²) < 4.78 is 0.903. The first-order valence-electron chi connectivity index (χ1n) is 2.99. The molecule has 0 unspecified atom stereocenters. The molecule has 0 atom stereocenters. The fourth-order valence-electron chi connectivity index (χ4n) is 0.586. The van der Waals surface area contributed by atoms with Gasteiger partial charge in [-0.1, -0.05) is 20.8 Å². The quantitative estimate of drug-likeness (QED) is 0.415. The van der Waals surface area contributed by atoms with Gasteiger partial charge in [-0.05, 0) is 33.6 Å². The Hall–Kier alpha value is 0.490. The zero-order chi connectivity index (χ0) is 8.36. The third-order valence-corrected chi connectivity index (χ3v) is 2.00. The maximum absolute atomic E-state index is 7.11. The summed E-state index contributed by atoms with van der Waals surface area (Å²) >= 11 is 6.30. The van der Waals surface area contributed by atoms with Gasteiger partial charge in [0.15, 0.2) is 0 Å². The number of halogens is 1. The predicted octanol–water partition coefficient (Wildman–Crippen LogP) is 3.26. The van der Waals surface area contributed by atoms with Crippen molar-refractivity contribution in [3.05, 3.63) is 8.48 Å². The Labute approximate surface area is 81.3 Å². The first-order valence-corrected chi connectivity index (χ1v) is 4.52. The van der Waals surface area contributed by atoms with Crippen molar-refractivity contribution in [2.75, 3.05) is 0 Å². The number of allylic oxidation sites excluding steroid dienone is 1. The smallest absolute Gasteiger partial charge is 0.0479 e. The molecule has 0 bridgehead atoms. The fraction of sp³-hybridized carbons (Fsp3) is 0.571. The van der Waals surface area contributed by atoms with Crippen LogP contribution in [0.2, 0.25) is 0 Å². The summed E-state index contributed by atoms with van der Waals surface area (Å²) in [6.45, 7) is 6.22. The van der Waals surface area contributed by atoms with Gasteiger partial charge in [0.05, 0.1) is 0 Å². The van der Waals surface area contributed by atoms with Gasteiger partial charge in [-0.15, -0.1) is 12.6 Å². The highest BCUT2D eigenvalue weighted by atomic mass is 127. The number of hydrogen-bond donors (Lipinski definition) is 2. The molecule has 58 valence electrons. The van der Waals surface area contributed by atoms with E-state index in [0.29, 0.717) is 0 Å². The molecule has 0 heterocycles. The maximum Gasteiger partial charge on any atom is 0.0479 e. The van der Waals surface area contributed by atoms with E-state index >= 15 is 0 Å². The lowest BCUT2D eigenvalue weighted by Crippen LogP contribution is -2.10. The van der Waals surface area contributed by atoms with Crippen molar-refractivity contribution in [2.45, 2.75) is 20.8 Å². The van der Waals surface area contributed by atoms with Crippen LogP contribution in [0.4, 0.5) is 0 Å². The molecule has 0 saturated carbocycles. The average molecular weight is 269 g/mol. The monoisotopic (exact) mass is 269 g/mol. The molecule has 0 fully saturated rings. The van der Waals surface area contributed by atoms with Crippen LogP contribution in [0, 0.1) is 10.8 Å². The van der Waals surface area contributed by atoms with Crippen LogP contribution >= 0.6 is 35.2 Å². The molecule has 0 aromatic rings. The second-order valence-corrected chi connectivity index (χ2v) is 5.48. The van der Waals surface area contributed by atoms with Crippen LogP contribution in [-0.2, 0) is 0 Å². The molecule has 1 N–H and O–H groups in total. The highest BCUT2D eigenvalue weighted by Gasteiger charge is 2.16. The Morgan fingerprint density at radius 1 is 1.50 bits per heavy atom. The molecule has 10 heavy (non-hydrogen) atoms. The Morgan fingerprint density at radius 2 is 1.90 bits per heavy atom. The largest absolute Gasteiger partial charge is 0.308 e. The molecule has 0 amide bonds. The summed E-state index contributed by atoms with van der Waals surface area (Å²) in [5, 5.41) is 7.11. The van der Waals surface area contributed by atoms with Crippen LogP contribution in [0.25, 0.3) is 0 Å². The zero-order valence-electron chi connectivity index (χ0n) is 6.40. The van der Waals surface area contributed by atoms with E-state index < -0.39 is 0 Å². The molecule has 0 aliphatic rings. The number of rotatable bonds is 1. The molecule has 3 heteroatoms. The summed E-state index contributed by atoms with van der Waals surface area (Å²) in [7, 11) is 0. The van der Waals surface area contributed by atoms with E-state index in [2.05, 4.69) is 56.0 Å². The molecule has 0 spiro atoms. The minimum atomic E-state index is 0.0417. The fourth-order valence-corrected chi connectivity index (χ4v) is 1.95. The van der Waals surface area contributed by atoms with E-state index in [4.69, 9.17) is 5.41 Å². The lowest BCUT2D eigenvalue weighted by molar-refractivity contribution is 0.527. The van der Waals surface area contributed by atoms with Gasteiger partial charge in [0.2, 0.25) is 0 Å². The molecular formula is C7H12INS. The minimum absolute atomic E-state index is 0.0417. The highest BCUT2D eigenvalue weighted by Crippen LogP contribution is 2.30. The van der Waals surface area contributed by atoms with Crippen molar-refractivity contribution in [1.82, 2.24) is 0 Å². The highest BCUT2D eigenvalue weighted by molar-refractivity contribution is 14.1. The van der Waals surface area contributed by atoms with Crippen LogP contribution < -0.4 is 0 Å². The van der Waals surface area contributed by atoms with E-state index in [-0.39, 0.29) is 5.41 Å². The summed E-state index contributed by atoms with van der Waals surface area (Å²) in [5.74, 6) is 0. The first-order chi connectivity index (χ1) is 4.39. The van der Waals surface area contributed by atoms with Crippen LogP contribution in [0.1, 0.15) is 20.8 Å². The lowest BCUT2D eigenvalue weighted by Gasteiger charge is -2.19. The molecule has 0 radical (unpaired) electrons. The summed E-state index contributed by atoms with van der Waals surface area (Å²) in [4.78, 5) is 0. The molecule has 0 aliphatic heterocycles. The maximum atomic E-state index is 7.11. The average Bonchev–Trinajstić information content (AvgIpc) is 1.60. The van der Waals surface area contributed by atoms with Gasteiger partial charge in [0.25, 0.3) is 0 Å². The zero-order valence-corrected chi connectivity index (χ0v) is 9.45. The summed E-state index contributed by atoms with van der Waals surface area (Å²) in [5.41, 5.74) is 1.02. The second kappa shape index (κ2) is 3.76. The van der Waals surface area contributed by atoms with Gasteiger partial charge in [0, 0.05) is 9.13 Å². The van der Waals surface area contributed by atoms with Gasteiger partial charge in [-0.3, -0.25) is 0 Å². The Morgan fingerprint density at radius 3 is 1.90 bits per heavy atom. The van der Waals surface area contributed by atoms with Gasteiger partial charge >= 0.3 is 0 Å². The van der Waals surface area contributed by atoms with Crippen LogP contribution in [-0.4, -0.2) is 6.21 Å². The molecule has 0 rings (SSSR count). The Bertz CT molecular complexity index is 163. The van der Waals surface area contributed by atoms with Crippen LogP contribution in [0.3, 0.4) is 0 Å². The Kier molecular flexibility index (Phi) is 3.94. The third kappa shape index (κ3) is 3.05.